The molecule has 3 rings (SSSR count). The number of unbranched alkanes of at least 4 members (excludes halogenated alkanes) is 1. The molecule has 1 N–H and O–H groups in total. The Labute approximate surface area is 244 Å². The third kappa shape index (κ3) is 8.30. The van der Waals surface area contributed by atoms with Crippen molar-refractivity contribution in [1.29, 1.82) is 0 Å². The first-order valence-electron chi connectivity index (χ1n) is 12.7. The minimum atomic E-state index is -4.13. The van der Waals surface area contributed by atoms with Crippen LogP contribution in [0.1, 0.15) is 37.8 Å². The van der Waals surface area contributed by atoms with Gasteiger partial charge in [0.05, 0.1) is 10.6 Å². The van der Waals surface area contributed by atoms with Crippen molar-refractivity contribution < 1.29 is 18.0 Å². The number of hydrogen-bond acceptors (Lipinski definition) is 4. The second kappa shape index (κ2) is 14.0. The van der Waals surface area contributed by atoms with Gasteiger partial charge in [0.2, 0.25) is 11.8 Å². The number of anilines is 1. The van der Waals surface area contributed by atoms with Crippen molar-refractivity contribution >= 4 is 55.1 Å². The minimum absolute atomic E-state index is 0.00471. The zero-order valence-electron chi connectivity index (χ0n) is 22.2. The molecule has 0 aromatic heterocycles. The molecule has 0 saturated carbocycles. The van der Waals surface area contributed by atoms with Crippen LogP contribution in [0.25, 0.3) is 0 Å². The summed E-state index contributed by atoms with van der Waals surface area (Å²) in [7, 11) is -4.13. The normalized spacial score (nSPS) is 12.0. The van der Waals surface area contributed by atoms with Crippen molar-refractivity contribution in [3.63, 3.8) is 0 Å². The highest BCUT2D eigenvalue weighted by Crippen LogP contribution is 2.26. The van der Waals surface area contributed by atoms with E-state index in [1.807, 2.05) is 38.1 Å². The van der Waals surface area contributed by atoms with Gasteiger partial charge in [-0.15, -0.1) is 0 Å². The molecule has 3 aromatic rings. The number of carbonyl (C=O) groups is 2. The molecule has 0 radical (unpaired) electrons. The lowest BCUT2D eigenvalue weighted by Crippen LogP contribution is -2.51. The van der Waals surface area contributed by atoms with E-state index in [2.05, 4.69) is 21.2 Å². The van der Waals surface area contributed by atoms with Crippen molar-refractivity contribution in [1.82, 2.24) is 10.2 Å². The molecule has 1 atom stereocenters. The summed E-state index contributed by atoms with van der Waals surface area (Å²) in [5.41, 5.74) is 2.10. The fourth-order valence-corrected chi connectivity index (χ4v) is 5.68. The highest BCUT2D eigenvalue weighted by atomic mass is 79.9. The molecule has 0 heterocycles. The largest absolute Gasteiger partial charge is 0.354 e. The van der Waals surface area contributed by atoms with Gasteiger partial charge in [-0.3, -0.25) is 13.9 Å². The Morgan fingerprint density at radius 1 is 0.974 bits per heavy atom. The molecular formula is C29H33BrClN3O4S. The van der Waals surface area contributed by atoms with E-state index in [4.69, 9.17) is 11.6 Å². The molecule has 7 nitrogen and oxygen atoms in total. The Bertz CT molecular complexity index is 1370. The van der Waals surface area contributed by atoms with Gasteiger partial charge in [0.25, 0.3) is 10.0 Å². The first-order chi connectivity index (χ1) is 18.5. The lowest BCUT2D eigenvalue weighted by molar-refractivity contribution is -0.139. The van der Waals surface area contributed by atoms with Gasteiger partial charge in [0, 0.05) is 22.6 Å². The fourth-order valence-electron chi connectivity index (χ4n) is 3.88. The highest BCUT2D eigenvalue weighted by Gasteiger charge is 2.32. The van der Waals surface area contributed by atoms with Crippen molar-refractivity contribution in [2.45, 2.75) is 51.1 Å². The second-order valence-corrected chi connectivity index (χ2v) is 12.5. The number of nitrogens with zero attached hydrogens (tertiary/aromatic N) is 2. The van der Waals surface area contributed by atoms with E-state index in [-0.39, 0.29) is 17.3 Å². The predicted molar refractivity (Wildman–Crippen MR) is 159 cm³/mol. The van der Waals surface area contributed by atoms with E-state index < -0.39 is 28.5 Å². The van der Waals surface area contributed by atoms with Crippen LogP contribution >= 0.6 is 27.5 Å². The number of aryl methyl sites for hydroxylation is 1. The van der Waals surface area contributed by atoms with Crippen molar-refractivity contribution in [2.24, 2.45) is 0 Å². The standard InChI is InChI=1S/C29H33BrClN3O4S/c1-4-5-18-32-29(36)22(3)33(19-23-8-10-24(30)11-9-23)28(35)20-34(26-14-6-21(2)7-15-26)39(37,38)27-16-12-25(31)13-17-27/h6-17,22H,4-5,18-20H2,1-3H3,(H,32,36)/t22-/m0/s1. The second-order valence-electron chi connectivity index (χ2n) is 9.27. The molecule has 10 heteroatoms. The van der Waals surface area contributed by atoms with Gasteiger partial charge >= 0.3 is 0 Å². The van der Waals surface area contributed by atoms with Gasteiger partial charge in [0.1, 0.15) is 12.6 Å². The summed E-state index contributed by atoms with van der Waals surface area (Å²) in [5.74, 6) is -0.800. The summed E-state index contributed by atoms with van der Waals surface area (Å²) in [5, 5.41) is 3.28. The Morgan fingerprint density at radius 2 is 1.59 bits per heavy atom. The summed E-state index contributed by atoms with van der Waals surface area (Å²) in [6.07, 6.45) is 1.74. The number of rotatable bonds is 12. The summed E-state index contributed by atoms with van der Waals surface area (Å²) in [6, 6.07) is 19.3. The van der Waals surface area contributed by atoms with Crippen molar-refractivity contribution in [3.8, 4) is 0 Å². The van der Waals surface area contributed by atoms with Crippen LogP contribution < -0.4 is 9.62 Å². The van der Waals surface area contributed by atoms with E-state index in [1.54, 1.807) is 31.2 Å². The van der Waals surface area contributed by atoms with E-state index in [1.165, 1.54) is 29.2 Å². The average molecular weight is 635 g/mol. The molecule has 0 unspecified atom stereocenters. The summed E-state index contributed by atoms with van der Waals surface area (Å²) in [4.78, 5) is 28.3. The van der Waals surface area contributed by atoms with Crippen LogP contribution in [0.3, 0.4) is 0 Å². The number of carbonyl (C=O) groups excluding carboxylic acids is 2. The lowest BCUT2D eigenvalue weighted by atomic mass is 10.1. The molecule has 208 valence electrons. The van der Waals surface area contributed by atoms with Gasteiger partial charge in [-0.05, 0) is 74.4 Å². The van der Waals surface area contributed by atoms with Crippen LogP contribution in [-0.4, -0.2) is 44.3 Å². The number of benzene rings is 3. The molecule has 0 aliphatic carbocycles. The molecule has 0 bridgehead atoms. The Hall–Kier alpha value is -2.88. The topological polar surface area (TPSA) is 86.8 Å². The zero-order valence-corrected chi connectivity index (χ0v) is 25.4. The number of hydrogen-bond donors (Lipinski definition) is 1. The predicted octanol–water partition coefficient (Wildman–Crippen LogP) is 5.94. The van der Waals surface area contributed by atoms with Gasteiger partial charge in [-0.1, -0.05) is 70.7 Å². The number of halogens is 2. The average Bonchev–Trinajstić information content (AvgIpc) is 2.91. The molecule has 0 aliphatic heterocycles. The van der Waals surface area contributed by atoms with E-state index in [9.17, 15) is 18.0 Å². The zero-order chi connectivity index (χ0) is 28.6. The van der Waals surface area contributed by atoms with Crippen molar-refractivity contribution in [2.75, 3.05) is 17.4 Å². The van der Waals surface area contributed by atoms with Crippen LogP contribution in [0.5, 0.6) is 0 Å². The van der Waals surface area contributed by atoms with Crippen molar-refractivity contribution in [3.05, 3.63) is 93.4 Å². The minimum Gasteiger partial charge on any atom is -0.354 e. The van der Waals surface area contributed by atoms with E-state index in [0.717, 1.165) is 32.7 Å². The third-order valence-corrected chi connectivity index (χ3v) is 8.83. The quantitative estimate of drug-likeness (QED) is 0.250. The van der Waals surface area contributed by atoms with Gasteiger partial charge in [-0.25, -0.2) is 8.42 Å². The maximum Gasteiger partial charge on any atom is 0.264 e. The first kappa shape index (κ1) is 30.7. The Balaban J connectivity index is 1.98. The summed E-state index contributed by atoms with van der Waals surface area (Å²) >= 11 is 9.40. The van der Waals surface area contributed by atoms with Gasteiger partial charge in [0.15, 0.2) is 0 Å². The smallest absolute Gasteiger partial charge is 0.264 e. The number of sulfonamides is 1. The Morgan fingerprint density at radius 3 is 2.18 bits per heavy atom. The third-order valence-electron chi connectivity index (χ3n) is 6.27. The number of amides is 2. The van der Waals surface area contributed by atoms with Crippen LogP contribution in [0.2, 0.25) is 5.02 Å². The van der Waals surface area contributed by atoms with Crippen LogP contribution in [-0.2, 0) is 26.2 Å². The van der Waals surface area contributed by atoms with Gasteiger partial charge < -0.3 is 10.2 Å². The SMILES string of the molecule is CCCCNC(=O)[C@H](C)N(Cc1ccc(Br)cc1)C(=O)CN(c1ccc(C)cc1)S(=O)(=O)c1ccc(Cl)cc1. The molecule has 0 fully saturated rings. The maximum atomic E-state index is 13.9. The molecular weight excluding hydrogens is 602 g/mol. The molecule has 2 amide bonds. The Kier molecular flexibility index (Phi) is 11.0. The highest BCUT2D eigenvalue weighted by molar-refractivity contribution is 9.10. The first-order valence-corrected chi connectivity index (χ1v) is 15.3. The molecule has 0 aliphatic rings. The van der Waals surface area contributed by atoms with E-state index >= 15 is 0 Å². The summed E-state index contributed by atoms with van der Waals surface area (Å²) in [6.45, 7) is 5.72. The molecule has 0 spiro atoms. The number of nitrogens with one attached hydrogen (secondary N) is 1. The monoisotopic (exact) mass is 633 g/mol. The molecule has 39 heavy (non-hydrogen) atoms. The maximum absolute atomic E-state index is 13.9. The lowest BCUT2D eigenvalue weighted by Gasteiger charge is -2.32. The van der Waals surface area contributed by atoms with Gasteiger partial charge in [-0.2, -0.15) is 0 Å². The van der Waals surface area contributed by atoms with Crippen LogP contribution in [0.4, 0.5) is 5.69 Å². The fraction of sp³-hybridized carbons (Fsp3) is 0.310. The van der Waals surface area contributed by atoms with E-state index in [0.29, 0.717) is 17.3 Å². The molecule has 3 aromatic carbocycles. The van der Waals surface area contributed by atoms with Crippen LogP contribution in [0, 0.1) is 6.92 Å². The van der Waals surface area contributed by atoms with Crippen LogP contribution in [0.15, 0.2) is 82.2 Å². The summed E-state index contributed by atoms with van der Waals surface area (Å²) < 4.78 is 29.5. The molecule has 0 saturated heterocycles.